The van der Waals surface area contributed by atoms with Crippen molar-refractivity contribution in [3.8, 4) is 0 Å². The van der Waals surface area contributed by atoms with Crippen LogP contribution in [-0.4, -0.2) is 25.8 Å². The highest BCUT2D eigenvalue weighted by Gasteiger charge is 2.47. The fraction of sp³-hybridized carbons (Fsp3) is 0.296. The van der Waals surface area contributed by atoms with Crippen LogP contribution in [0.3, 0.4) is 0 Å². The van der Waals surface area contributed by atoms with Crippen molar-refractivity contribution in [2.24, 2.45) is 10.9 Å². The van der Waals surface area contributed by atoms with Crippen molar-refractivity contribution in [1.29, 1.82) is 0 Å². The third-order valence-electron chi connectivity index (χ3n) is 6.24. The standard InChI is InChI=1S/C27H31N3/c1-6-24-22-16-19(2)18-27(24,25-14-9-20(3)29-26(25)17-22)28-15-7-8-21-10-12-23(13-11-21)30(4)5/h6-16,22,29H,3,17-18H2,1-2,4-5H3/b8-7+,24-6+,28-15?. The summed E-state index contributed by atoms with van der Waals surface area (Å²) in [6, 6.07) is 8.55. The first-order valence-corrected chi connectivity index (χ1v) is 10.6. The average Bonchev–Trinajstić information content (AvgIpc) is 2.71. The van der Waals surface area contributed by atoms with Crippen LogP contribution in [0.4, 0.5) is 5.69 Å². The van der Waals surface area contributed by atoms with Crippen molar-refractivity contribution in [2.75, 3.05) is 19.0 Å². The van der Waals surface area contributed by atoms with Gasteiger partial charge in [-0.2, -0.15) is 0 Å². The molecule has 0 spiro atoms. The minimum Gasteiger partial charge on any atom is -0.378 e. The van der Waals surface area contributed by atoms with Gasteiger partial charge in [-0.15, -0.1) is 0 Å². The number of anilines is 1. The fourth-order valence-electron chi connectivity index (χ4n) is 4.93. The van der Waals surface area contributed by atoms with E-state index in [1.165, 1.54) is 33.7 Å². The summed E-state index contributed by atoms with van der Waals surface area (Å²) in [5, 5.41) is 3.51. The molecule has 0 saturated heterocycles. The van der Waals surface area contributed by atoms with Gasteiger partial charge in [0.25, 0.3) is 0 Å². The van der Waals surface area contributed by atoms with Gasteiger partial charge in [-0.3, -0.25) is 4.99 Å². The lowest BCUT2D eigenvalue weighted by Gasteiger charge is -2.47. The third-order valence-corrected chi connectivity index (χ3v) is 6.24. The molecule has 0 aromatic heterocycles. The number of nitrogens with one attached hydrogen (secondary N) is 1. The zero-order valence-electron chi connectivity index (χ0n) is 18.4. The Labute approximate surface area is 180 Å². The summed E-state index contributed by atoms with van der Waals surface area (Å²) in [5.74, 6) is 0.397. The minimum atomic E-state index is -0.324. The molecule has 2 unspecified atom stereocenters. The molecule has 0 amide bonds. The first-order chi connectivity index (χ1) is 14.4. The largest absolute Gasteiger partial charge is 0.378 e. The van der Waals surface area contributed by atoms with Crippen molar-refractivity contribution >= 4 is 18.0 Å². The molecular weight excluding hydrogens is 366 g/mol. The Balaban J connectivity index is 1.66. The van der Waals surface area contributed by atoms with Crippen molar-refractivity contribution in [3.05, 3.63) is 94.9 Å². The van der Waals surface area contributed by atoms with Gasteiger partial charge in [-0.1, -0.05) is 48.6 Å². The molecule has 154 valence electrons. The smallest absolute Gasteiger partial charge is 0.112 e. The number of dihydropyridines is 1. The molecule has 2 bridgehead atoms. The van der Waals surface area contributed by atoms with Crippen LogP contribution in [0, 0.1) is 5.92 Å². The van der Waals surface area contributed by atoms with Gasteiger partial charge in [0.15, 0.2) is 0 Å². The lowest BCUT2D eigenvalue weighted by atomic mass is 9.62. The highest BCUT2D eigenvalue weighted by Crippen LogP contribution is 2.51. The van der Waals surface area contributed by atoms with E-state index in [4.69, 9.17) is 4.99 Å². The Kier molecular flexibility index (Phi) is 5.38. The zero-order valence-corrected chi connectivity index (χ0v) is 18.4. The van der Waals surface area contributed by atoms with E-state index in [1.807, 2.05) is 6.21 Å². The van der Waals surface area contributed by atoms with Crippen molar-refractivity contribution < 1.29 is 0 Å². The summed E-state index contributed by atoms with van der Waals surface area (Å²) < 4.78 is 0. The normalized spacial score (nSPS) is 26.9. The maximum Gasteiger partial charge on any atom is 0.112 e. The molecule has 1 N–H and O–H groups in total. The molecule has 1 aromatic carbocycles. The predicted octanol–water partition coefficient (Wildman–Crippen LogP) is 5.82. The lowest BCUT2D eigenvalue weighted by molar-refractivity contribution is 0.453. The van der Waals surface area contributed by atoms with E-state index in [0.717, 1.165) is 18.5 Å². The number of hydrogen-bond acceptors (Lipinski definition) is 3. The van der Waals surface area contributed by atoms with Crippen LogP contribution in [0.25, 0.3) is 6.08 Å². The van der Waals surface area contributed by atoms with Gasteiger partial charge in [-0.05, 0) is 55.7 Å². The van der Waals surface area contributed by atoms with Crippen molar-refractivity contribution in [1.82, 2.24) is 5.32 Å². The highest BCUT2D eigenvalue weighted by atomic mass is 15.1. The van der Waals surface area contributed by atoms with Gasteiger partial charge in [0.2, 0.25) is 0 Å². The number of allylic oxidation sites excluding steroid dienone is 5. The maximum absolute atomic E-state index is 5.20. The summed E-state index contributed by atoms with van der Waals surface area (Å²) in [7, 11) is 4.11. The Morgan fingerprint density at radius 3 is 2.67 bits per heavy atom. The second-order valence-electron chi connectivity index (χ2n) is 8.60. The SMILES string of the molecule is C=C1C=CC2=C(CC3C=C(C)CC2(N=C/C=C/c2ccc(N(C)C)cc2)/C3=C/C)N1. The summed E-state index contributed by atoms with van der Waals surface area (Å²) in [5.41, 5.74) is 8.38. The van der Waals surface area contributed by atoms with Crippen LogP contribution in [0.5, 0.6) is 0 Å². The Bertz CT molecular complexity index is 1030. The van der Waals surface area contributed by atoms with Gasteiger partial charge in [0, 0.05) is 55.3 Å². The van der Waals surface area contributed by atoms with Crippen LogP contribution in [0.1, 0.15) is 32.3 Å². The van der Waals surface area contributed by atoms with Crippen molar-refractivity contribution in [2.45, 2.75) is 32.2 Å². The second kappa shape index (κ2) is 7.98. The first-order valence-electron chi connectivity index (χ1n) is 10.6. The number of aliphatic imine (C=N–C) groups is 1. The molecule has 1 aromatic rings. The monoisotopic (exact) mass is 397 g/mol. The minimum absolute atomic E-state index is 0.324. The number of rotatable bonds is 4. The van der Waals surface area contributed by atoms with E-state index >= 15 is 0 Å². The van der Waals surface area contributed by atoms with E-state index in [-0.39, 0.29) is 5.54 Å². The van der Waals surface area contributed by atoms with E-state index < -0.39 is 0 Å². The molecule has 30 heavy (non-hydrogen) atoms. The molecule has 3 aliphatic rings. The van der Waals surface area contributed by atoms with Gasteiger partial charge in [0.1, 0.15) is 5.54 Å². The Hall–Kier alpha value is -3.07. The summed E-state index contributed by atoms with van der Waals surface area (Å²) in [6.07, 6.45) is 17.0. The van der Waals surface area contributed by atoms with Crippen LogP contribution in [0.2, 0.25) is 0 Å². The topological polar surface area (TPSA) is 27.6 Å². The Morgan fingerprint density at radius 2 is 1.97 bits per heavy atom. The van der Waals surface area contributed by atoms with E-state index in [1.54, 1.807) is 0 Å². The van der Waals surface area contributed by atoms with Crippen LogP contribution < -0.4 is 10.2 Å². The zero-order chi connectivity index (χ0) is 21.3. The van der Waals surface area contributed by atoms with Gasteiger partial charge in [0.05, 0.1) is 0 Å². The molecule has 0 radical (unpaired) electrons. The van der Waals surface area contributed by atoms with Crippen molar-refractivity contribution in [3.63, 3.8) is 0 Å². The van der Waals surface area contributed by atoms with Crippen LogP contribution in [0.15, 0.2) is 94.3 Å². The quantitative estimate of drug-likeness (QED) is 0.512. The predicted molar refractivity (Wildman–Crippen MR) is 130 cm³/mol. The molecule has 2 aliphatic carbocycles. The van der Waals surface area contributed by atoms with Gasteiger partial charge >= 0.3 is 0 Å². The van der Waals surface area contributed by atoms with E-state index in [0.29, 0.717) is 5.92 Å². The van der Waals surface area contributed by atoms with Gasteiger partial charge < -0.3 is 10.2 Å². The number of nitrogens with zero attached hydrogens (tertiary/aromatic N) is 2. The first kappa shape index (κ1) is 20.2. The van der Waals surface area contributed by atoms with E-state index in [2.05, 4.69) is 105 Å². The average molecular weight is 398 g/mol. The molecule has 1 aliphatic heterocycles. The molecule has 3 nitrogen and oxygen atoms in total. The second-order valence-corrected chi connectivity index (χ2v) is 8.60. The number of benzene rings is 1. The highest BCUT2D eigenvalue weighted by molar-refractivity contribution is 5.80. The number of hydrogen-bond donors (Lipinski definition) is 1. The molecule has 2 atom stereocenters. The number of fused-ring (bicyclic) bond motifs is 3. The fourth-order valence-corrected chi connectivity index (χ4v) is 4.93. The third kappa shape index (κ3) is 3.60. The molecule has 3 heteroatoms. The maximum atomic E-state index is 5.20. The summed E-state index contributed by atoms with van der Waals surface area (Å²) in [6.45, 7) is 8.47. The molecule has 1 heterocycles. The summed E-state index contributed by atoms with van der Waals surface area (Å²) >= 11 is 0. The molecule has 0 saturated carbocycles. The summed E-state index contributed by atoms with van der Waals surface area (Å²) in [4.78, 5) is 7.31. The van der Waals surface area contributed by atoms with Crippen LogP contribution >= 0.6 is 0 Å². The lowest BCUT2D eigenvalue weighted by Crippen LogP contribution is -2.44. The molecule has 4 rings (SSSR count). The molecule has 0 fully saturated rings. The Morgan fingerprint density at radius 1 is 1.20 bits per heavy atom. The van der Waals surface area contributed by atoms with Gasteiger partial charge in [-0.25, -0.2) is 0 Å². The van der Waals surface area contributed by atoms with E-state index in [9.17, 15) is 0 Å². The molecular formula is C27H31N3. The van der Waals surface area contributed by atoms with Crippen LogP contribution in [-0.2, 0) is 0 Å².